The molecule has 0 aliphatic carbocycles. The van der Waals surface area contributed by atoms with Crippen LogP contribution in [0.2, 0.25) is 0 Å². The Morgan fingerprint density at radius 2 is 1.95 bits per heavy atom. The van der Waals surface area contributed by atoms with E-state index in [0.29, 0.717) is 18.1 Å². The number of aromatic nitrogens is 1. The van der Waals surface area contributed by atoms with Crippen molar-refractivity contribution in [2.24, 2.45) is 0 Å². The van der Waals surface area contributed by atoms with E-state index in [-0.39, 0.29) is 5.56 Å². The van der Waals surface area contributed by atoms with Gasteiger partial charge in [0.1, 0.15) is 11.5 Å². The van der Waals surface area contributed by atoms with Crippen LogP contribution < -0.4 is 4.74 Å². The zero-order valence-corrected chi connectivity index (χ0v) is 11.1. The summed E-state index contributed by atoms with van der Waals surface area (Å²) in [7, 11) is 1.67. The first-order chi connectivity index (χ1) is 9.69. The van der Waals surface area contributed by atoms with E-state index in [9.17, 15) is 4.79 Å². The molecular weight excluding hydrogens is 258 g/mol. The number of hydrogen-bond acceptors (Lipinski definition) is 4. The molecule has 2 rings (SSSR count). The summed E-state index contributed by atoms with van der Waals surface area (Å²) < 4.78 is 10.6. The predicted octanol–water partition coefficient (Wildman–Crippen LogP) is 2.76. The van der Waals surface area contributed by atoms with Gasteiger partial charge in [-0.1, -0.05) is 12.1 Å². The van der Waals surface area contributed by atoms with Gasteiger partial charge in [0.05, 0.1) is 18.4 Å². The maximum Gasteiger partial charge on any atom is 0.337 e. The summed E-state index contributed by atoms with van der Waals surface area (Å²) in [5.41, 5.74) is 1.25. The molecule has 0 saturated heterocycles. The molecule has 0 aliphatic heterocycles. The fourth-order valence-electron chi connectivity index (χ4n) is 1.67. The third-order valence-electron chi connectivity index (χ3n) is 2.71. The average molecular weight is 273 g/mol. The maximum atomic E-state index is 10.8. The monoisotopic (exact) mass is 273 g/mol. The number of carbonyl (C=O) groups is 1. The topological polar surface area (TPSA) is 68.7 Å². The minimum absolute atomic E-state index is 0.0965. The Bertz CT molecular complexity index is 581. The predicted molar refractivity (Wildman–Crippen MR) is 73.3 cm³/mol. The van der Waals surface area contributed by atoms with E-state index in [1.54, 1.807) is 7.11 Å². The summed E-state index contributed by atoms with van der Waals surface area (Å²) in [6, 6.07) is 9.00. The van der Waals surface area contributed by atoms with Gasteiger partial charge in [0.15, 0.2) is 0 Å². The van der Waals surface area contributed by atoms with Crippen LogP contribution in [-0.4, -0.2) is 29.8 Å². The number of carboxylic acids is 1. The summed E-state index contributed by atoms with van der Waals surface area (Å²) in [4.78, 5) is 14.7. The molecule has 0 amide bonds. The molecule has 0 radical (unpaired) electrons. The average Bonchev–Trinajstić information content (AvgIpc) is 2.47. The molecule has 20 heavy (non-hydrogen) atoms. The van der Waals surface area contributed by atoms with E-state index in [0.717, 1.165) is 12.0 Å². The first kappa shape index (κ1) is 14.0. The molecule has 0 saturated carbocycles. The van der Waals surface area contributed by atoms with Crippen molar-refractivity contribution in [1.82, 2.24) is 4.98 Å². The normalized spacial score (nSPS) is 10.2. The molecule has 2 aromatic rings. The highest BCUT2D eigenvalue weighted by molar-refractivity contribution is 5.87. The van der Waals surface area contributed by atoms with Crippen LogP contribution in [0.3, 0.4) is 0 Å². The van der Waals surface area contributed by atoms with Gasteiger partial charge in [0, 0.05) is 13.3 Å². The quantitative estimate of drug-likeness (QED) is 0.876. The lowest BCUT2D eigenvalue weighted by Gasteiger charge is -2.07. The minimum atomic E-state index is -1.03. The number of benzene rings is 1. The van der Waals surface area contributed by atoms with E-state index in [1.165, 1.54) is 18.5 Å². The fraction of sp³-hybridized carbons (Fsp3) is 0.200. The second-order valence-corrected chi connectivity index (χ2v) is 4.20. The van der Waals surface area contributed by atoms with Crippen molar-refractivity contribution < 1.29 is 19.4 Å². The molecule has 0 atom stereocenters. The number of ether oxygens (including phenoxy) is 2. The molecule has 1 heterocycles. The van der Waals surface area contributed by atoms with Gasteiger partial charge >= 0.3 is 5.97 Å². The van der Waals surface area contributed by atoms with Gasteiger partial charge < -0.3 is 14.6 Å². The van der Waals surface area contributed by atoms with Crippen LogP contribution in [-0.2, 0) is 11.2 Å². The van der Waals surface area contributed by atoms with Crippen molar-refractivity contribution in [3.8, 4) is 11.5 Å². The number of aromatic carboxylic acids is 1. The Labute approximate surface area is 116 Å². The number of hydrogen-bond donors (Lipinski definition) is 1. The molecule has 5 nitrogen and oxygen atoms in total. The molecule has 1 N–H and O–H groups in total. The van der Waals surface area contributed by atoms with Crippen molar-refractivity contribution in [3.05, 3.63) is 53.9 Å². The third-order valence-corrected chi connectivity index (χ3v) is 2.71. The van der Waals surface area contributed by atoms with E-state index in [2.05, 4.69) is 4.98 Å². The Balaban J connectivity index is 2.06. The second-order valence-electron chi connectivity index (χ2n) is 4.20. The van der Waals surface area contributed by atoms with E-state index in [4.69, 9.17) is 14.6 Å². The molecular formula is C15H15NO4. The van der Waals surface area contributed by atoms with Crippen LogP contribution in [0, 0.1) is 0 Å². The van der Waals surface area contributed by atoms with Gasteiger partial charge in [-0.25, -0.2) is 4.79 Å². The Hall–Kier alpha value is -2.40. The lowest BCUT2D eigenvalue weighted by Crippen LogP contribution is -1.97. The molecule has 0 unspecified atom stereocenters. The van der Waals surface area contributed by atoms with Gasteiger partial charge in [-0.2, -0.15) is 0 Å². The van der Waals surface area contributed by atoms with Crippen LogP contribution in [0.4, 0.5) is 0 Å². The number of methoxy groups -OCH3 is 1. The number of nitrogens with zero attached hydrogens (tertiary/aromatic N) is 1. The lowest BCUT2D eigenvalue weighted by molar-refractivity contribution is 0.0696. The van der Waals surface area contributed by atoms with Gasteiger partial charge in [0.25, 0.3) is 0 Å². The van der Waals surface area contributed by atoms with E-state index in [1.807, 2.05) is 24.3 Å². The SMILES string of the molecule is COCCc1ccc(Oc2cncc(C(=O)O)c2)cc1. The number of pyridine rings is 1. The molecule has 0 aliphatic rings. The van der Waals surface area contributed by atoms with E-state index >= 15 is 0 Å². The highest BCUT2D eigenvalue weighted by atomic mass is 16.5. The highest BCUT2D eigenvalue weighted by Crippen LogP contribution is 2.21. The summed E-state index contributed by atoms with van der Waals surface area (Å²) in [5, 5.41) is 8.89. The zero-order valence-electron chi connectivity index (χ0n) is 11.1. The fourth-order valence-corrected chi connectivity index (χ4v) is 1.67. The molecule has 0 fully saturated rings. The summed E-state index contributed by atoms with van der Waals surface area (Å²) >= 11 is 0. The standard InChI is InChI=1S/C15H15NO4/c1-19-7-6-11-2-4-13(5-3-11)20-14-8-12(15(17)18)9-16-10-14/h2-5,8-10H,6-7H2,1H3,(H,17,18). The van der Waals surface area contributed by atoms with Crippen LogP contribution in [0.5, 0.6) is 11.5 Å². The van der Waals surface area contributed by atoms with Gasteiger partial charge in [0.2, 0.25) is 0 Å². The molecule has 5 heteroatoms. The van der Waals surface area contributed by atoms with Gasteiger partial charge in [-0.15, -0.1) is 0 Å². The van der Waals surface area contributed by atoms with Crippen LogP contribution >= 0.6 is 0 Å². The third kappa shape index (κ3) is 3.80. The second kappa shape index (κ2) is 6.68. The summed E-state index contributed by atoms with van der Waals surface area (Å²) in [5.74, 6) is 0.00270. The van der Waals surface area contributed by atoms with Crippen molar-refractivity contribution in [1.29, 1.82) is 0 Å². The molecule has 1 aromatic carbocycles. The van der Waals surface area contributed by atoms with Crippen LogP contribution in [0.1, 0.15) is 15.9 Å². The first-order valence-corrected chi connectivity index (χ1v) is 6.13. The minimum Gasteiger partial charge on any atom is -0.478 e. The number of carboxylic acid groups (broad SMARTS) is 1. The zero-order chi connectivity index (χ0) is 14.4. The molecule has 104 valence electrons. The Morgan fingerprint density at radius 1 is 1.20 bits per heavy atom. The molecule has 0 spiro atoms. The Morgan fingerprint density at radius 3 is 2.60 bits per heavy atom. The maximum absolute atomic E-state index is 10.8. The van der Waals surface area contributed by atoms with Crippen molar-refractivity contribution in [2.75, 3.05) is 13.7 Å². The molecule has 1 aromatic heterocycles. The largest absolute Gasteiger partial charge is 0.478 e. The van der Waals surface area contributed by atoms with Crippen molar-refractivity contribution in [3.63, 3.8) is 0 Å². The van der Waals surface area contributed by atoms with E-state index < -0.39 is 5.97 Å². The summed E-state index contributed by atoms with van der Waals surface area (Å²) in [6.07, 6.45) is 3.60. The van der Waals surface area contributed by atoms with Crippen LogP contribution in [0.15, 0.2) is 42.7 Å². The lowest BCUT2D eigenvalue weighted by atomic mass is 10.1. The number of rotatable bonds is 6. The Kier molecular flexibility index (Phi) is 4.68. The molecule has 0 bridgehead atoms. The van der Waals surface area contributed by atoms with Crippen molar-refractivity contribution >= 4 is 5.97 Å². The smallest absolute Gasteiger partial charge is 0.337 e. The van der Waals surface area contributed by atoms with Gasteiger partial charge in [-0.05, 0) is 30.2 Å². The van der Waals surface area contributed by atoms with Crippen molar-refractivity contribution in [2.45, 2.75) is 6.42 Å². The summed E-state index contributed by atoms with van der Waals surface area (Å²) in [6.45, 7) is 0.671. The van der Waals surface area contributed by atoms with Crippen LogP contribution in [0.25, 0.3) is 0 Å². The highest BCUT2D eigenvalue weighted by Gasteiger charge is 2.05. The first-order valence-electron chi connectivity index (χ1n) is 6.13. The van der Waals surface area contributed by atoms with Gasteiger partial charge in [-0.3, -0.25) is 4.98 Å².